The second-order valence-electron chi connectivity index (χ2n) is 7.15. The SMILES string of the molecule is CCN(CC)C(CNC(=O)COc1ccc2c(C)cc(=O)oc2c1)c1ccccc1. The number of hydrogen-bond donors (Lipinski definition) is 1. The minimum Gasteiger partial charge on any atom is -0.484 e. The molecular weight excluding hydrogens is 380 g/mol. The van der Waals surface area contributed by atoms with E-state index in [1.165, 1.54) is 11.6 Å². The molecule has 3 rings (SSSR count). The van der Waals surface area contributed by atoms with E-state index < -0.39 is 5.63 Å². The number of rotatable bonds is 9. The third-order valence-corrected chi connectivity index (χ3v) is 5.22. The number of likely N-dealkylation sites (N-methyl/N-ethyl adjacent to an activating group) is 1. The molecule has 0 bridgehead atoms. The second kappa shape index (κ2) is 10.1. The molecule has 30 heavy (non-hydrogen) atoms. The molecule has 0 radical (unpaired) electrons. The molecule has 6 nitrogen and oxygen atoms in total. The van der Waals surface area contributed by atoms with Gasteiger partial charge in [0.25, 0.3) is 5.91 Å². The molecular formula is C24H28N2O4. The third-order valence-electron chi connectivity index (χ3n) is 5.22. The van der Waals surface area contributed by atoms with Gasteiger partial charge in [-0.1, -0.05) is 44.2 Å². The Balaban J connectivity index is 1.62. The highest BCUT2D eigenvalue weighted by Crippen LogP contribution is 2.22. The molecule has 3 aromatic rings. The fraction of sp³-hybridized carbons (Fsp3) is 0.333. The van der Waals surface area contributed by atoms with Gasteiger partial charge in [0.1, 0.15) is 11.3 Å². The van der Waals surface area contributed by atoms with E-state index in [1.807, 2.05) is 31.2 Å². The summed E-state index contributed by atoms with van der Waals surface area (Å²) in [6, 6.07) is 17.0. The predicted molar refractivity (Wildman–Crippen MR) is 118 cm³/mol. The van der Waals surface area contributed by atoms with Crippen molar-refractivity contribution in [3.8, 4) is 5.75 Å². The molecule has 1 atom stereocenters. The van der Waals surface area contributed by atoms with Gasteiger partial charge in [0.05, 0.1) is 6.04 Å². The third kappa shape index (κ3) is 5.27. The van der Waals surface area contributed by atoms with Crippen molar-refractivity contribution in [3.05, 3.63) is 76.1 Å². The van der Waals surface area contributed by atoms with Gasteiger partial charge < -0.3 is 14.5 Å². The first-order chi connectivity index (χ1) is 14.5. The molecule has 0 fully saturated rings. The van der Waals surface area contributed by atoms with Gasteiger partial charge in [0.2, 0.25) is 0 Å². The topological polar surface area (TPSA) is 71.8 Å². The molecule has 0 saturated carbocycles. The van der Waals surface area contributed by atoms with Gasteiger partial charge in [0.15, 0.2) is 6.61 Å². The first-order valence-electron chi connectivity index (χ1n) is 10.2. The van der Waals surface area contributed by atoms with E-state index in [4.69, 9.17) is 9.15 Å². The number of nitrogens with zero attached hydrogens (tertiary/aromatic N) is 1. The number of aryl methyl sites for hydroxylation is 1. The van der Waals surface area contributed by atoms with Crippen LogP contribution in [0.5, 0.6) is 5.75 Å². The Morgan fingerprint density at radius 1 is 1.10 bits per heavy atom. The van der Waals surface area contributed by atoms with E-state index >= 15 is 0 Å². The Labute approximate surface area is 176 Å². The van der Waals surface area contributed by atoms with Crippen LogP contribution in [0.3, 0.4) is 0 Å². The predicted octanol–water partition coefficient (Wildman–Crippen LogP) is 3.68. The molecule has 0 aliphatic heterocycles. The lowest BCUT2D eigenvalue weighted by Gasteiger charge is -2.30. The van der Waals surface area contributed by atoms with Gasteiger partial charge >= 0.3 is 5.63 Å². The summed E-state index contributed by atoms with van der Waals surface area (Å²) in [5.41, 5.74) is 2.05. The van der Waals surface area contributed by atoms with Crippen molar-refractivity contribution in [2.24, 2.45) is 0 Å². The van der Waals surface area contributed by atoms with Gasteiger partial charge in [-0.05, 0) is 43.3 Å². The van der Waals surface area contributed by atoms with Gasteiger partial charge in [-0.25, -0.2) is 4.79 Å². The van der Waals surface area contributed by atoms with Crippen LogP contribution in [-0.4, -0.2) is 37.0 Å². The summed E-state index contributed by atoms with van der Waals surface area (Å²) >= 11 is 0. The van der Waals surface area contributed by atoms with Gasteiger partial charge in [-0.3, -0.25) is 9.69 Å². The highest BCUT2D eigenvalue weighted by molar-refractivity contribution is 5.81. The lowest BCUT2D eigenvalue weighted by Crippen LogP contribution is -2.39. The van der Waals surface area contributed by atoms with E-state index in [1.54, 1.807) is 12.1 Å². The Bertz CT molecular complexity index is 1040. The number of hydrogen-bond acceptors (Lipinski definition) is 5. The van der Waals surface area contributed by atoms with Crippen molar-refractivity contribution in [3.63, 3.8) is 0 Å². The summed E-state index contributed by atoms with van der Waals surface area (Å²) in [4.78, 5) is 26.3. The van der Waals surface area contributed by atoms with Crippen molar-refractivity contribution in [2.45, 2.75) is 26.8 Å². The maximum Gasteiger partial charge on any atom is 0.336 e. The maximum atomic E-state index is 12.4. The summed E-state index contributed by atoms with van der Waals surface area (Å²) < 4.78 is 10.8. The zero-order chi connectivity index (χ0) is 21.5. The first-order valence-corrected chi connectivity index (χ1v) is 10.2. The van der Waals surface area contributed by atoms with Crippen LogP contribution in [0.25, 0.3) is 11.0 Å². The van der Waals surface area contributed by atoms with Crippen molar-refractivity contribution < 1.29 is 13.9 Å². The Morgan fingerprint density at radius 3 is 2.53 bits per heavy atom. The monoisotopic (exact) mass is 408 g/mol. The fourth-order valence-corrected chi connectivity index (χ4v) is 3.60. The summed E-state index contributed by atoms with van der Waals surface area (Å²) in [5.74, 6) is 0.281. The van der Waals surface area contributed by atoms with Crippen molar-refractivity contribution in [1.29, 1.82) is 0 Å². The van der Waals surface area contributed by atoms with Crippen LogP contribution in [0.2, 0.25) is 0 Å². The standard InChI is InChI=1S/C24H28N2O4/c1-4-26(5-2)21(18-9-7-6-8-10-18)15-25-23(27)16-29-19-11-12-20-17(3)13-24(28)30-22(20)14-19/h6-14,21H,4-5,15-16H2,1-3H3,(H,25,27). The van der Waals surface area contributed by atoms with Crippen molar-refractivity contribution >= 4 is 16.9 Å². The number of carbonyl (C=O) groups excluding carboxylic acids is 1. The van der Waals surface area contributed by atoms with Crippen LogP contribution in [0.1, 0.15) is 31.0 Å². The summed E-state index contributed by atoms with van der Waals surface area (Å²) in [6.07, 6.45) is 0. The summed E-state index contributed by atoms with van der Waals surface area (Å²) in [7, 11) is 0. The van der Waals surface area contributed by atoms with Crippen LogP contribution in [-0.2, 0) is 4.79 Å². The number of amides is 1. The lowest BCUT2D eigenvalue weighted by atomic mass is 10.1. The molecule has 1 heterocycles. The fourth-order valence-electron chi connectivity index (χ4n) is 3.60. The van der Waals surface area contributed by atoms with Gasteiger partial charge in [-0.15, -0.1) is 0 Å². The zero-order valence-corrected chi connectivity index (χ0v) is 17.7. The Hall–Kier alpha value is -3.12. The minimum absolute atomic E-state index is 0.100. The Kier molecular flexibility index (Phi) is 7.25. The number of fused-ring (bicyclic) bond motifs is 1. The van der Waals surface area contributed by atoms with E-state index in [-0.39, 0.29) is 18.6 Å². The van der Waals surface area contributed by atoms with Crippen LogP contribution < -0.4 is 15.7 Å². The molecule has 1 amide bonds. The number of nitrogens with one attached hydrogen (secondary N) is 1. The van der Waals surface area contributed by atoms with E-state index in [9.17, 15) is 9.59 Å². The molecule has 0 spiro atoms. The molecule has 158 valence electrons. The molecule has 0 aliphatic rings. The largest absolute Gasteiger partial charge is 0.484 e. The van der Waals surface area contributed by atoms with Crippen molar-refractivity contribution in [2.75, 3.05) is 26.2 Å². The van der Waals surface area contributed by atoms with E-state index in [2.05, 4.69) is 36.2 Å². The minimum atomic E-state index is -0.404. The van der Waals surface area contributed by atoms with E-state index in [0.717, 1.165) is 24.0 Å². The number of benzene rings is 2. The van der Waals surface area contributed by atoms with Crippen LogP contribution in [0.4, 0.5) is 0 Å². The van der Waals surface area contributed by atoms with Crippen LogP contribution in [0.15, 0.2) is 63.8 Å². The molecule has 1 unspecified atom stereocenters. The van der Waals surface area contributed by atoms with Gasteiger partial charge in [0, 0.05) is 24.1 Å². The quantitative estimate of drug-likeness (QED) is 0.547. The number of ether oxygens (including phenoxy) is 1. The van der Waals surface area contributed by atoms with E-state index in [0.29, 0.717) is 17.9 Å². The Morgan fingerprint density at radius 2 is 1.83 bits per heavy atom. The van der Waals surface area contributed by atoms with Crippen LogP contribution >= 0.6 is 0 Å². The maximum absolute atomic E-state index is 12.4. The van der Waals surface area contributed by atoms with Crippen molar-refractivity contribution in [1.82, 2.24) is 10.2 Å². The second-order valence-corrected chi connectivity index (χ2v) is 7.15. The smallest absolute Gasteiger partial charge is 0.336 e. The van der Waals surface area contributed by atoms with Gasteiger partial charge in [-0.2, -0.15) is 0 Å². The molecule has 6 heteroatoms. The molecule has 1 N–H and O–H groups in total. The lowest BCUT2D eigenvalue weighted by molar-refractivity contribution is -0.123. The van der Waals surface area contributed by atoms with Crippen LogP contribution in [0, 0.1) is 6.92 Å². The highest BCUT2D eigenvalue weighted by atomic mass is 16.5. The molecule has 0 saturated heterocycles. The molecule has 0 aliphatic carbocycles. The summed E-state index contributed by atoms with van der Waals surface area (Å²) in [5, 5.41) is 3.82. The highest BCUT2D eigenvalue weighted by Gasteiger charge is 2.18. The molecule has 1 aromatic heterocycles. The molecule has 2 aromatic carbocycles. The number of carbonyl (C=O) groups is 1. The summed E-state index contributed by atoms with van der Waals surface area (Å²) in [6.45, 7) is 8.26. The average Bonchev–Trinajstić information content (AvgIpc) is 2.75. The average molecular weight is 408 g/mol. The zero-order valence-electron chi connectivity index (χ0n) is 17.7. The first kappa shape index (κ1) is 21.6. The normalized spacial score (nSPS) is 12.1.